The van der Waals surface area contributed by atoms with Crippen LogP contribution in [0.4, 0.5) is 0 Å². The first-order valence-corrected chi connectivity index (χ1v) is 10.3. The molecule has 1 fully saturated rings. The first kappa shape index (κ1) is 22.9. The molecular formula is C20H29Cl2N3O3. The van der Waals surface area contributed by atoms with Crippen molar-refractivity contribution < 1.29 is 14.3 Å². The van der Waals surface area contributed by atoms with Gasteiger partial charge in [0.2, 0.25) is 5.91 Å². The van der Waals surface area contributed by atoms with E-state index in [-0.39, 0.29) is 22.9 Å². The van der Waals surface area contributed by atoms with Crippen LogP contribution in [-0.4, -0.2) is 61.1 Å². The number of carbonyl (C=O) groups is 2. The van der Waals surface area contributed by atoms with Gasteiger partial charge in [0, 0.05) is 30.2 Å². The van der Waals surface area contributed by atoms with E-state index >= 15 is 0 Å². The van der Waals surface area contributed by atoms with Crippen molar-refractivity contribution in [1.29, 1.82) is 0 Å². The number of ether oxygens (including phenoxy) is 1. The van der Waals surface area contributed by atoms with Gasteiger partial charge in [-0.15, -0.1) is 0 Å². The second kappa shape index (κ2) is 10.4. The third kappa shape index (κ3) is 6.08. The molecule has 1 aliphatic heterocycles. The largest absolute Gasteiger partial charge is 0.379 e. The minimum atomic E-state index is -0.659. The van der Waals surface area contributed by atoms with Crippen LogP contribution in [-0.2, 0) is 9.53 Å². The standard InChI is InChI=1S/C20H29Cl2N3O3/c1-12(2)18(24-19(26)16-6-5-15(21)9-17(16)22)20(27)23-10-13(3)25-7-8-28-11-14(25)4/h5-6,9,12-14,18H,7-8,10-11H2,1-4H3,(H,23,27)(H,24,26). The molecule has 0 saturated carbocycles. The van der Waals surface area contributed by atoms with Gasteiger partial charge in [0.15, 0.2) is 0 Å². The number of amides is 2. The number of hydrogen-bond acceptors (Lipinski definition) is 4. The summed E-state index contributed by atoms with van der Waals surface area (Å²) >= 11 is 12.0. The van der Waals surface area contributed by atoms with E-state index in [0.717, 1.165) is 6.54 Å². The van der Waals surface area contributed by atoms with Crippen LogP contribution in [0.3, 0.4) is 0 Å². The monoisotopic (exact) mass is 429 g/mol. The number of benzene rings is 1. The van der Waals surface area contributed by atoms with Gasteiger partial charge in [-0.1, -0.05) is 37.0 Å². The molecule has 1 aromatic rings. The number of carbonyl (C=O) groups excluding carboxylic acids is 2. The summed E-state index contributed by atoms with van der Waals surface area (Å²) in [4.78, 5) is 27.6. The van der Waals surface area contributed by atoms with Crippen LogP contribution in [0, 0.1) is 5.92 Å². The van der Waals surface area contributed by atoms with Crippen molar-refractivity contribution in [3.8, 4) is 0 Å². The predicted octanol–water partition coefficient (Wildman–Crippen LogP) is 2.97. The molecule has 8 heteroatoms. The fourth-order valence-electron chi connectivity index (χ4n) is 3.30. The zero-order valence-corrected chi connectivity index (χ0v) is 18.3. The van der Waals surface area contributed by atoms with E-state index in [1.54, 1.807) is 12.1 Å². The minimum absolute atomic E-state index is 0.0763. The molecule has 2 N–H and O–H groups in total. The molecule has 0 radical (unpaired) electrons. The SMILES string of the molecule is CC(C)C(NC(=O)c1ccc(Cl)cc1Cl)C(=O)NCC(C)N1CCOCC1C. The van der Waals surface area contributed by atoms with Crippen LogP contribution in [0.2, 0.25) is 10.0 Å². The van der Waals surface area contributed by atoms with Gasteiger partial charge >= 0.3 is 0 Å². The maximum Gasteiger partial charge on any atom is 0.253 e. The molecule has 2 rings (SSSR count). The highest BCUT2D eigenvalue weighted by Crippen LogP contribution is 2.21. The van der Waals surface area contributed by atoms with Crippen molar-refractivity contribution in [2.45, 2.75) is 45.8 Å². The zero-order valence-electron chi connectivity index (χ0n) is 16.8. The van der Waals surface area contributed by atoms with Gasteiger partial charge in [0.05, 0.1) is 23.8 Å². The second-order valence-electron chi connectivity index (χ2n) is 7.58. The van der Waals surface area contributed by atoms with Crippen LogP contribution in [0.25, 0.3) is 0 Å². The minimum Gasteiger partial charge on any atom is -0.379 e. The summed E-state index contributed by atoms with van der Waals surface area (Å²) in [6.07, 6.45) is 0. The van der Waals surface area contributed by atoms with Crippen molar-refractivity contribution >= 4 is 35.0 Å². The molecular weight excluding hydrogens is 401 g/mol. The maximum atomic E-state index is 12.7. The van der Waals surface area contributed by atoms with Gasteiger partial charge in [0.1, 0.15) is 6.04 Å². The molecule has 1 aromatic carbocycles. The average molecular weight is 430 g/mol. The van der Waals surface area contributed by atoms with Crippen molar-refractivity contribution in [2.75, 3.05) is 26.3 Å². The smallest absolute Gasteiger partial charge is 0.253 e. The molecule has 1 saturated heterocycles. The van der Waals surface area contributed by atoms with Crippen LogP contribution >= 0.6 is 23.2 Å². The van der Waals surface area contributed by atoms with Crippen molar-refractivity contribution in [1.82, 2.24) is 15.5 Å². The van der Waals surface area contributed by atoms with Gasteiger partial charge in [-0.2, -0.15) is 0 Å². The van der Waals surface area contributed by atoms with E-state index < -0.39 is 11.9 Å². The second-order valence-corrected chi connectivity index (χ2v) is 8.42. The summed E-state index contributed by atoms with van der Waals surface area (Å²) in [7, 11) is 0. The van der Waals surface area contributed by atoms with E-state index in [1.807, 2.05) is 13.8 Å². The first-order valence-electron chi connectivity index (χ1n) is 9.57. The highest BCUT2D eigenvalue weighted by Gasteiger charge is 2.28. The molecule has 3 atom stereocenters. The Labute approximate surface area is 176 Å². The average Bonchev–Trinajstić information content (AvgIpc) is 2.63. The third-order valence-corrected chi connectivity index (χ3v) is 5.52. The molecule has 156 valence electrons. The Morgan fingerprint density at radius 2 is 2.00 bits per heavy atom. The summed E-state index contributed by atoms with van der Waals surface area (Å²) in [6, 6.07) is 4.49. The summed E-state index contributed by atoms with van der Waals surface area (Å²) < 4.78 is 5.46. The van der Waals surface area contributed by atoms with Crippen molar-refractivity contribution in [3.63, 3.8) is 0 Å². The normalized spacial score (nSPS) is 19.9. The molecule has 0 bridgehead atoms. The van der Waals surface area contributed by atoms with Gasteiger partial charge in [-0.3, -0.25) is 14.5 Å². The molecule has 0 aromatic heterocycles. The van der Waals surface area contributed by atoms with Gasteiger partial charge < -0.3 is 15.4 Å². The van der Waals surface area contributed by atoms with Crippen LogP contribution in [0.1, 0.15) is 38.1 Å². The molecule has 28 heavy (non-hydrogen) atoms. The zero-order chi connectivity index (χ0) is 20.8. The quantitative estimate of drug-likeness (QED) is 0.698. The molecule has 2 amide bonds. The van der Waals surface area contributed by atoms with Crippen LogP contribution in [0.5, 0.6) is 0 Å². The molecule has 3 unspecified atom stereocenters. The molecule has 1 aliphatic rings. The van der Waals surface area contributed by atoms with E-state index in [0.29, 0.717) is 36.4 Å². The third-order valence-electron chi connectivity index (χ3n) is 4.97. The molecule has 0 aliphatic carbocycles. The Kier molecular flexibility index (Phi) is 8.56. The number of hydrogen-bond donors (Lipinski definition) is 2. The summed E-state index contributed by atoms with van der Waals surface area (Å²) in [5, 5.41) is 6.47. The lowest BCUT2D eigenvalue weighted by Crippen LogP contribution is -2.55. The van der Waals surface area contributed by atoms with E-state index in [1.165, 1.54) is 6.07 Å². The fraction of sp³-hybridized carbons (Fsp3) is 0.600. The Hall–Kier alpha value is -1.34. The van der Waals surface area contributed by atoms with Crippen LogP contribution < -0.4 is 10.6 Å². The number of nitrogens with zero attached hydrogens (tertiary/aromatic N) is 1. The highest BCUT2D eigenvalue weighted by molar-refractivity contribution is 6.36. The van der Waals surface area contributed by atoms with Gasteiger partial charge in [-0.05, 0) is 38.0 Å². The van der Waals surface area contributed by atoms with Crippen molar-refractivity contribution in [2.24, 2.45) is 5.92 Å². The number of rotatable bonds is 7. The van der Waals surface area contributed by atoms with Gasteiger partial charge in [0.25, 0.3) is 5.91 Å². The lowest BCUT2D eigenvalue weighted by molar-refractivity contribution is -0.124. The Balaban J connectivity index is 1.96. The van der Waals surface area contributed by atoms with E-state index in [4.69, 9.17) is 27.9 Å². The fourth-order valence-corrected chi connectivity index (χ4v) is 3.79. The predicted molar refractivity (Wildman–Crippen MR) is 112 cm³/mol. The number of halogens is 2. The summed E-state index contributed by atoms with van der Waals surface area (Å²) in [5.41, 5.74) is 0.292. The molecule has 1 heterocycles. The highest BCUT2D eigenvalue weighted by atomic mass is 35.5. The first-order chi connectivity index (χ1) is 13.2. The van der Waals surface area contributed by atoms with Crippen molar-refractivity contribution in [3.05, 3.63) is 33.8 Å². The lowest BCUT2D eigenvalue weighted by atomic mass is 10.0. The Morgan fingerprint density at radius 1 is 1.29 bits per heavy atom. The number of nitrogens with one attached hydrogen (secondary N) is 2. The topological polar surface area (TPSA) is 70.7 Å². The maximum absolute atomic E-state index is 12.7. The van der Waals surface area contributed by atoms with E-state index in [9.17, 15) is 9.59 Å². The van der Waals surface area contributed by atoms with E-state index in [2.05, 4.69) is 29.4 Å². The molecule has 0 spiro atoms. The Bertz CT molecular complexity index is 699. The lowest BCUT2D eigenvalue weighted by Gasteiger charge is -2.38. The Morgan fingerprint density at radius 3 is 2.61 bits per heavy atom. The summed E-state index contributed by atoms with van der Waals surface area (Å²) in [6.45, 7) is 10.7. The molecule has 6 nitrogen and oxygen atoms in total. The van der Waals surface area contributed by atoms with Crippen LogP contribution in [0.15, 0.2) is 18.2 Å². The number of morpholine rings is 1. The summed E-state index contributed by atoms with van der Waals surface area (Å²) in [5.74, 6) is -0.681. The van der Waals surface area contributed by atoms with Gasteiger partial charge in [-0.25, -0.2) is 0 Å².